The van der Waals surface area contributed by atoms with Crippen LogP contribution in [0.2, 0.25) is 0 Å². The van der Waals surface area contributed by atoms with Gasteiger partial charge in [-0.05, 0) is 60.5 Å². The summed E-state index contributed by atoms with van der Waals surface area (Å²) in [6.45, 7) is 6.42. The van der Waals surface area contributed by atoms with E-state index in [2.05, 4.69) is 31.8 Å². The molecule has 2 aromatic carbocycles. The van der Waals surface area contributed by atoms with Crippen molar-refractivity contribution in [2.24, 2.45) is 0 Å². The molecule has 1 aliphatic heterocycles. The molecule has 162 valence electrons. The molecule has 0 atom stereocenters. The Morgan fingerprint density at radius 2 is 1.59 bits per heavy atom. The van der Waals surface area contributed by atoms with Gasteiger partial charge in [-0.15, -0.1) is 0 Å². The van der Waals surface area contributed by atoms with Gasteiger partial charge in [-0.3, -0.25) is 5.10 Å². The number of fused-ring (bicyclic) bond motifs is 1. The van der Waals surface area contributed by atoms with E-state index < -0.39 is 0 Å². The molecule has 0 amide bonds. The average Bonchev–Trinajstić information content (AvgIpc) is 3.37. The zero-order valence-corrected chi connectivity index (χ0v) is 17.4. The first-order valence-corrected chi connectivity index (χ1v) is 10.5. The molecule has 3 heterocycles. The Morgan fingerprint density at radius 1 is 0.938 bits per heavy atom. The summed E-state index contributed by atoms with van der Waals surface area (Å²) in [5.74, 6) is 0.454. The Bertz CT molecular complexity index is 1220. The van der Waals surface area contributed by atoms with E-state index >= 15 is 0 Å². The fourth-order valence-electron chi connectivity index (χ4n) is 3.96. The molecule has 6 nitrogen and oxygen atoms in total. The van der Waals surface area contributed by atoms with Crippen LogP contribution in [0.4, 0.5) is 8.78 Å². The number of nitrogens with one attached hydrogen (secondary N) is 1. The lowest BCUT2D eigenvalue weighted by Crippen LogP contribution is -2.28. The van der Waals surface area contributed by atoms with Gasteiger partial charge in [0, 0.05) is 42.0 Å². The summed E-state index contributed by atoms with van der Waals surface area (Å²) in [4.78, 5) is 6.94. The second-order valence-corrected chi connectivity index (χ2v) is 7.86. The van der Waals surface area contributed by atoms with Gasteiger partial charge in [-0.25, -0.2) is 18.4 Å². The monoisotopic (exact) mass is 432 g/mol. The van der Waals surface area contributed by atoms with E-state index in [1.165, 1.54) is 35.5 Å². The Kier molecular flexibility index (Phi) is 5.26. The van der Waals surface area contributed by atoms with Crippen LogP contribution in [-0.4, -0.2) is 43.0 Å². The predicted molar refractivity (Wildman–Crippen MR) is 118 cm³/mol. The third-order valence-corrected chi connectivity index (χ3v) is 5.75. The summed E-state index contributed by atoms with van der Waals surface area (Å²) in [5.41, 5.74) is 4.79. The average molecular weight is 432 g/mol. The van der Waals surface area contributed by atoms with Crippen molar-refractivity contribution < 1.29 is 8.78 Å². The Labute approximate surface area is 184 Å². The van der Waals surface area contributed by atoms with Gasteiger partial charge in [-0.2, -0.15) is 10.2 Å². The second kappa shape index (κ2) is 8.37. The molecule has 0 radical (unpaired) electrons. The lowest BCUT2D eigenvalue weighted by molar-refractivity contribution is 0.338. The number of allylic oxidation sites excluding steroid dienone is 1. The molecular formula is C24H22F2N6. The van der Waals surface area contributed by atoms with Crippen LogP contribution in [0.1, 0.15) is 11.3 Å². The molecule has 2 aromatic heterocycles. The summed E-state index contributed by atoms with van der Waals surface area (Å²) >= 11 is 0. The fraction of sp³-hybridized carbons (Fsp3) is 0.208. The first kappa shape index (κ1) is 20.1. The van der Waals surface area contributed by atoms with Crippen molar-refractivity contribution in [2.75, 3.05) is 13.1 Å². The van der Waals surface area contributed by atoms with Crippen LogP contribution in [0.25, 0.3) is 22.8 Å². The molecule has 5 rings (SSSR count). The molecular weight excluding hydrogens is 410 g/mol. The maximum absolute atomic E-state index is 13.5. The van der Waals surface area contributed by atoms with Crippen LogP contribution in [0, 0.1) is 11.6 Å². The van der Waals surface area contributed by atoms with Crippen LogP contribution in [0.15, 0.2) is 67.0 Å². The fourth-order valence-corrected chi connectivity index (χ4v) is 3.96. The van der Waals surface area contributed by atoms with Crippen molar-refractivity contribution in [3.05, 3.63) is 89.9 Å². The van der Waals surface area contributed by atoms with E-state index in [1.54, 1.807) is 28.9 Å². The first-order valence-electron chi connectivity index (χ1n) is 10.5. The smallest absolute Gasteiger partial charge is 0.181 e. The molecule has 1 N–H and O–H groups in total. The van der Waals surface area contributed by atoms with E-state index in [4.69, 9.17) is 0 Å². The van der Waals surface area contributed by atoms with E-state index in [9.17, 15) is 8.78 Å². The first-order chi connectivity index (χ1) is 15.6. The van der Waals surface area contributed by atoms with Crippen molar-refractivity contribution in [1.82, 2.24) is 29.9 Å². The molecule has 0 saturated carbocycles. The van der Waals surface area contributed by atoms with E-state index in [-0.39, 0.29) is 11.6 Å². The summed E-state index contributed by atoms with van der Waals surface area (Å²) in [5, 5.41) is 11.9. The minimum absolute atomic E-state index is 0.315. The Balaban J connectivity index is 1.43. The lowest BCUT2D eigenvalue weighted by atomic mass is 10.2. The van der Waals surface area contributed by atoms with Gasteiger partial charge in [-0.1, -0.05) is 6.58 Å². The number of benzene rings is 2. The molecule has 0 spiro atoms. The quantitative estimate of drug-likeness (QED) is 0.513. The number of halogens is 2. The highest BCUT2D eigenvalue weighted by atomic mass is 19.1. The summed E-state index contributed by atoms with van der Waals surface area (Å²) in [6, 6.07) is 12.2. The van der Waals surface area contributed by atoms with Crippen molar-refractivity contribution in [3.63, 3.8) is 0 Å². The number of hydrogen-bond acceptors (Lipinski definition) is 4. The Hall–Kier alpha value is -3.81. The molecule has 8 heteroatoms. The summed E-state index contributed by atoms with van der Waals surface area (Å²) in [6.07, 6.45) is 3.66. The summed E-state index contributed by atoms with van der Waals surface area (Å²) < 4.78 is 28.6. The van der Waals surface area contributed by atoms with Gasteiger partial charge in [0.2, 0.25) is 0 Å². The third-order valence-electron chi connectivity index (χ3n) is 5.75. The predicted octanol–water partition coefficient (Wildman–Crippen LogP) is 4.23. The van der Waals surface area contributed by atoms with Crippen molar-refractivity contribution >= 4 is 0 Å². The second-order valence-electron chi connectivity index (χ2n) is 7.86. The molecule has 32 heavy (non-hydrogen) atoms. The van der Waals surface area contributed by atoms with Crippen LogP contribution < -0.4 is 0 Å². The molecule has 0 unspecified atom stereocenters. The largest absolute Gasteiger partial charge is 0.373 e. The highest BCUT2D eigenvalue weighted by Gasteiger charge is 2.19. The van der Waals surface area contributed by atoms with Crippen molar-refractivity contribution in [1.29, 1.82) is 0 Å². The number of H-pyrrole nitrogens is 1. The topological polar surface area (TPSA) is 62.6 Å². The van der Waals surface area contributed by atoms with E-state index in [1.807, 2.05) is 6.20 Å². The minimum Gasteiger partial charge on any atom is -0.373 e. The third kappa shape index (κ3) is 4.03. The van der Waals surface area contributed by atoms with Crippen LogP contribution >= 0.6 is 0 Å². The van der Waals surface area contributed by atoms with Crippen LogP contribution in [0.5, 0.6) is 0 Å². The normalized spacial score (nSPS) is 13.6. The van der Waals surface area contributed by atoms with Gasteiger partial charge < -0.3 is 4.90 Å². The molecule has 0 saturated heterocycles. The number of nitrogens with zero attached hydrogens (tertiary/aromatic N) is 5. The molecule has 0 bridgehead atoms. The lowest BCUT2D eigenvalue weighted by Gasteiger charge is -2.25. The zero-order chi connectivity index (χ0) is 22.1. The molecule has 0 aliphatic carbocycles. The zero-order valence-electron chi connectivity index (χ0n) is 17.4. The van der Waals surface area contributed by atoms with E-state index in [0.717, 1.165) is 37.2 Å². The maximum Gasteiger partial charge on any atom is 0.181 e. The van der Waals surface area contributed by atoms with Crippen LogP contribution in [0.3, 0.4) is 0 Å². The minimum atomic E-state index is -0.318. The van der Waals surface area contributed by atoms with Gasteiger partial charge in [0.05, 0.1) is 12.7 Å². The van der Waals surface area contributed by atoms with Crippen LogP contribution in [-0.2, 0) is 19.4 Å². The maximum atomic E-state index is 13.5. The summed E-state index contributed by atoms with van der Waals surface area (Å²) in [7, 11) is 0. The van der Waals surface area contributed by atoms with Gasteiger partial charge >= 0.3 is 0 Å². The number of hydrogen-bond donors (Lipinski definition) is 1. The number of aromatic amines is 1. The highest BCUT2D eigenvalue weighted by Crippen LogP contribution is 2.25. The van der Waals surface area contributed by atoms with Crippen molar-refractivity contribution in [3.8, 4) is 22.8 Å². The standard InChI is InChI=1S/C24H22F2N6/c1-16(31-12-10-19-14-27-29-22(19)11-13-31)15-32-24(18-4-8-21(26)9-5-18)28-23(30-32)17-2-6-20(25)7-3-17/h2-9,14H,1,10-13,15H2,(H,27,29). The van der Waals surface area contributed by atoms with E-state index in [0.29, 0.717) is 23.8 Å². The number of rotatable bonds is 5. The SMILES string of the molecule is C=C(Cn1nc(-c2ccc(F)cc2)nc1-c1ccc(F)cc1)N1CCc2cn[nH]c2CC1. The van der Waals surface area contributed by atoms with Gasteiger partial charge in [0.15, 0.2) is 11.6 Å². The molecule has 0 fully saturated rings. The van der Waals surface area contributed by atoms with Gasteiger partial charge in [0.25, 0.3) is 0 Å². The van der Waals surface area contributed by atoms with Crippen molar-refractivity contribution in [2.45, 2.75) is 19.4 Å². The number of aromatic nitrogens is 5. The highest BCUT2D eigenvalue weighted by molar-refractivity contribution is 5.61. The molecule has 4 aromatic rings. The Morgan fingerprint density at radius 3 is 2.31 bits per heavy atom. The van der Waals surface area contributed by atoms with Gasteiger partial charge in [0.1, 0.15) is 11.6 Å². The molecule has 1 aliphatic rings.